The normalized spacial score (nSPS) is 30.5. The van der Waals surface area contributed by atoms with Crippen LogP contribution in [0.15, 0.2) is 24.4 Å². The molecule has 0 saturated carbocycles. The van der Waals surface area contributed by atoms with Gasteiger partial charge in [0.1, 0.15) is 6.10 Å². The number of nitrogens with one attached hydrogen (secondary N) is 1. The summed E-state index contributed by atoms with van der Waals surface area (Å²) in [4.78, 5) is 4.16. The van der Waals surface area contributed by atoms with Crippen molar-refractivity contribution in [3.8, 4) is 0 Å². The minimum atomic E-state index is -1.41. The van der Waals surface area contributed by atoms with Crippen molar-refractivity contribution in [3.63, 3.8) is 0 Å². The van der Waals surface area contributed by atoms with E-state index >= 15 is 0 Å². The number of hydrogen-bond donors (Lipinski definition) is 1. The summed E-state index contributed by atoms with van der Waals surface area (Å²) in [5, 5.41) is 2.78. The second-order valence-corrected chi connectivity index (χ2v) is 2.61. The van der Waals surface area contributed by atoms with Gasteiger partial charge in [0.2, 0.25) is 0 Å². The Morgan fingerprint density at radius 1 is 1.67 bits per heavy atom. The highest BCUT2D eigenvalue weighted by Crippen LogP contribution is 2.14. The van der Waals surface area contributed by atoms with Crippen molar-refractivity contribution < 1.29 is 7.48 Å². The van der Waals surface area contributed by atoms with Gasteiger partial charge in [0.25, 0.3) is 0 Å². The average molecular weight is 166 g/mol. The van der Waals surface area contributed by atoms with Gasteiger partial charge in [0.15, 0.2) is 0 Å². The average Bonchev–Trinajstić information content (AvgIpc) is 2.19. The fourth-order valence-electron chi connectivity index (χ4n) is 1.17. The van der Waals surface area contributed by atoms with E-state index in [1.807, 2.05) is 18.2 Å². The van der Waals surface area contributed by atoms with Gasteiger partial charge in [-0.3, -0.25) is 4.98 Å². The molecule has 1 aromatic heterocycles. The van der Waals surface area contributed by atoms with Crippen LogP contribution in [-0.4, -0.2) is 24.6 Å². The first-order valence-corrected chi connectivity index (χ1v) is 3.95. The van der Waals surface area contributed by atoms with Crippen molar-refractivity contribution in [1.29, 1.82) is 0 Å². The first-order chi connectivity index (χ1) is 6.67. The maximum absolute atomic E-state index is 7.39. The molecule has 1 aliphatic rings. The lowest BCUT2D eigenvalue weighted by Gasteiger charge is -2.22. The molecule has 12 heavy (non-hydrogen) atoms. The molecule has 3 nitrogen and oxygen atoms in total. The molecule has 3 heteroatoms. The number of rotatable bonds is 1. The molecular weight excluding hydrogens is 152 g/mol. The summed E-state index contributed by atoms with van der Waals surface area (Å²) in [6.07, 6.45) is 1.57. The van der Waals surface area contributed by atoms with Gasteiger partial charge < -0.3 is 10.1 Å². The van der Waals surface area contributed by atoms with E-state index in [0.717, 1.165) is 5.69 Å². The molecule has 2 rings (SSSR count). The van der Waals surface area contributed by atoms with Crippen molar-refractivity contribution in [3.05, 3.63) is 30.1 Å². The maximum Gasteiger partial charge on any atom is 0.112 e. The SMILES string of the molecule is [2H]C1([2H])COC(c2ccccn2)CN1. The highest BCUT2D eigenvalue weighted by Gasteiger charge is 2.15. The molecule has 1 atom stereocenters. The number of hydrogen-bond acceptors (Lipinski definition) is 3. The van der Waals surface area contributed by atoms with Crippen LogP contribution in [0.1, 0.15) is 14.5 Å². The van der Waals surface area contributed by atoms with Crippen LogP contribution in [0.5, 0.6) is 0 Å². The van der Waals surface area contributed by atoms with E-state index in [2.05, 4.69) is 10.3 Å². The number of ether oxygens (including phenoxy) is 1. The van der Waals surface area contributed by atoms with Crippen molar-refractivity contribution >= 4 is 0 Å². The van der Waals surface area contributed by atoms with E-state index in [1.165, 1.54) is 0 Å². The summed E-state index contributed by atoms with van der Waals surface area (Å²) in [5.74, 6) is 0. The molecule has 1 N–H and O–H groups in total. The lowest BCUT2D eigenvalue weighted by molar-refractivity contribution is 0.0250. The zero-order valence-electron chi connectivity index (χ0n) is 8.66. The van der Waals surface area contributed by atoms with Gasteiger partial charge in [0, 0.05) is 22.0 Å². The predicted molar refractivity (Wildman–Crippen MR) is 45.8 cm³/mol. The van der Waals surface area contributed by atoms with Gasteiger partial charge in [-0.2, -0.15) is 0 Å². The van der Waals surface area contributed by atoms with Gasteiger partial charge in [-0.25, -0.2) is 0 Å². The van der Waals surface area contributed by atoms with E-state index < -0.39 is 6.50 Å². The Morgan fingerprint density at radius 2 is 2.67 bits per heavy atom. The fourth-order valence-corrected chi connectivity index (χ4v) is 1.17. The first kappa shape index (κ1) is 5.67. The third kappa shape index (κ3) is 1.62. The highest BCUT2D eigenvalue weighted by molar-refractivity contribution is 5.07. The van der Waals surface area contributed by atoms with Crippen LogP contribution >= 0.6 is 0 Å². The van der Waals surface area contributed by atoms with Gasteiger partial charge >= 0.3 is 0 Å². The first-order valence-electron chi connectivity index (χ1n) is 4.95. The largest absolute Gasteiger partial charge is 0.369 e. The molecule has 1 aliphatic heterocycles. The van der Waals surface area contributed by atoms with Gasteiger partial charge in [0.05, 0.1) is 12.3 Å². The Hall–Kier alpha value is -0.930. The van der Waals surface area contributed by atoms with Gasteiger partial charge in [-0.15, -0.1) is 0 Å². The van der Waals surface area contributed by atoms with Crippen molar-refractivity contribution in [2.45, 2.75) is 6.10 Å². The second kappa shape index (κ2) is 3.65. The number of morpholine rings is 1. The van der Waals surface area contributed by atoms with Crippen LogP contribution in [0.2, 0.25) is 0 Å². The van der Waals surface area contributed by atoms with Crippen molar-refractivity contribution in [2.24, 2.45) is 0 Å². The fraction of sp³-hybridized carbons (Fsp3) is 0.444. The van der Waals surface area contributed by atoms with Gasteiger partial charge in [-0.05, 0) is 12.1 Å². The summed E-state index contributed by atoms with van der Waals surface area (Å²) in [5.41, 5.74) is 0.843. The molecule has 64 valence electrons. The molecule has 0 aromatic carbocycles. The summed E-state index contributed by atoms with van der Waals surface area (Å²) >= 11 is 0. The highest BCUT2D eigenvalue weighted by atomic mass is 16.5. The molecule has 1 fully saturated rings. The Balaban J connectivity index is 2.03. The van der Waals surface area contributed by atoms with Crippen LogP contribution < -0.4 is 5.32 Å². The minimum Gasteiger partial charge on any atom is -0.369 e. The molecule has 0 bridgehead atoms. The monoisotopic (exact) mass is 166 g/mol. The van der Waals surface area contributed by atoms with Crippen LogP contribution in [0, 0.1) is 0 Å². The molecular formula is C9H12N2O. The third-order valence-electron chi connectivity index (χ3n) is 1.79. The zero-order chi connectivity index (χ0) is 10.0. The standard InChI is InChI=1S/C9H12N2O/c1-2-4-11-8(3-1)9-7-10-5-6-12-9/h1-4,9-10H,5-7H2/i5D2. The van der Waals surface area contributed by atoms with Crippen molar-refractivity contribution in [1.82, 2.24) is 10.3 Å². The molecule has 0 amide bonds. The molecule has 1 saturated heterocycles. The summed E-state index contributed by atoms with van der Waals surface area (Å²) in [6.45, 7) is -0.885. The Labute approximate surface area is 74.6 Å². The van der Waals surface area contributed by atoms with Crippen molar-refractivity contribution in [2.75, 3.05) is 19.6 Å². The van der Waals surface area contributed by atoms with Crippen LogP contribution in [0.4, 0.5) is 0 Å². The summed E-state index contributed by atoms with van der Waals surface area (Å²) in [7, 11) is 0. The lowest BCUT2D eigenvalue weighted by Crippen LogP contribution is -2.33. The molecule has 0 radical (unpaired) electrons. The van der Waals surface area contributed by atoms with E-state index in [4.69, 9.17) is 7.48 Å². The second-order valence-electron chi connectivity index (χ2n) is 2.61. The topological polar surface area (TPSA) is 34.1 Å². The molecule has 1 aromatic rings. The van der Waals surface area contributed by atoms with E-state index in [9.17, 15) is 0 Å². The lowest BCUT2D eigenvalue weighted by atomic mass is 10.2. The molecule has 0 aliphatic carbocycles. The Morgan fingerprint density at radius 3 is 3.33 bits per heavy atom. The molecule has 0 spiro atoms. The molecule has 2 heterocycles. The number of pyridine rings is 1. The van der Waals surface area contributed by atoms with Crippen LogP contribution in [0.3, 0.4) is 0 Å². The van der Waals surface area contributed by atoms with Gasteiger partial charge in [-0.1, -0.05) is 6.07 Å². The maximum atomic E-state index is 7.39. The predicted octanol–water partition coefficient (Wildman–Crippen LogP) is 0.742. The number of nitrogens with zero attached hydrogens (tertiary/aromatic N) is 1. The summed E-state index contributed by atoms with van der Waals surface area (Å²) < 4.78 is 20.2. The van der Waals surface area contributed by atoms with E-state index in [1.54, 1.807) is 6.20 Å². The molecule has 1 unspecified atom stereocenters. The summed E-state index contributed by atoms with van der Waals surface area (Å²) in [6, 6.07) is 5.63. The third-order valence-corrected chi connectivity index (χ3v) is 1.79. The van der Waals surface area contributed by atoms with E-state index in [-0.39, 0.29) is 12.7 Å². The Bertz CT molecular complexity index is 295. The van der Waals surface area contributed by atoms with Crippen LogP contribution in [-0.2, 0) is 4.74 Å². The smallest absolute Gasteiger partial charge is 0.112 e. The van der Waals surface area contributed by atoms with Crippen LogP contribution in [0.25, 0.3) is 0 Å². The quantitative estimate of drug-likeness (QED) is 0.668. The number of aromatic nitrogens is 1. The van der Waals surface area contributed by atoms with E-state index in [0.29, 0.717) is 6.54 Å². The zero-order valence-corrected chi connectivity index (χ0v) is 6.66. The minimum absolute atomic E-state index is 0.0637. The Kier molecular flexibility index (Phi) is 1.72.